The van der Waals surface area contributed by atoms with Crippen LogP contribution in [0.2, 0.25) is 0 Å². The molecule has 0 atom stereocenters. The molecule has 12 heteroatoms. The standard InChI is InChI=1S/C29H33N5O5S2/c1-32(22-7-5-4-6-8-22)41(36,37)23-11-9-21(10-12-23)28(35)30-15-16-33-17-19-34(20-18-33)29-31-26-24(38-2)13-14-25(39-3)27(26)40-29/h4-14H,15-20H2,1-3H3,(H,30,35). The number of para-hydroxylation sites is 1. The van der Waals surface area contributed by atoms with Crippen molar-refractivity contribution in [2.75, 3.05) is 69.7 Å². The summed E-state index contributed by atoms with van der Waals surface area (Å²) in [5.41, 5.74) is 1.79. The van der Waals surface area contributed by atoms with Crippen LogP contribution in [0.5, 0.6) is 11.5 Å². The molecule has 1 saturated heterocycles. The molecule has 0 unspecified atom stereocenters. The van der Waals surface area contributed by atoms with Crippen molar-refractivity contribution in [2.24, 2.45) is 0 Å². The second-order valence-corrected chi connectivity index (χ2v) is 12.5. The number of thiazole rings is 1. The Morgan fingerprint density at radius 1 is 0.951 bits per heavy atom. The van der Waals surface area contributed by atoms with Gasteiger partial charge in [-0.15, -0.1) is 0 Å². The fourth-order valence-electron chi connectivity index (χ4n) is 4.72. The van der Waals surface area contributed by atoms with Gasteiger partial charge in [0.05, 0.1) is 24.8 Å². The monoisotopic (exact) mass is 595 g/mol. The molecule has 5 rings (SSSR count). The Hall–Kier alpha value is -3.87. The van der Waals surface area contributed by atoms with E-state index in [2.05, 4.69) is 15.1 Å². The number of fused-ring (bicyclic) bond motifs is 1. The lowest BCUT2D eigenvalue weighted by Crippen LogP contribution is -2.48. The molecule has 1 aliphatic heterocycles. The van der Waals surface area contributed by atoms with Gasteiger partial charge in [-0.25, -0.2) is 13.4 Å². The van der Waals surface area contributed by atoms with Gasteiger partial charge in [0.2, 0.25) is 0 Å². The van der Waals surface area contributed by atoms with Crippen molar-refractivity contribution in [3.63, 3.8) is 0 Å². The number of carbonyl (C=O) groups excluding carboxylic acids is 1. The lowest BCUT2D eigenvalue weighted by Gasteiger charge is -2.34. The molecule has 0 saturated carbocycles. The van der Waals surface area contributed by atoms with E-state index >= 15 is 0 Å². The Morgan fingerprint density at radius 3 is 2.27 bits per heavy atom. The highest BCUT2D eigenvalue weighted by atomic mass is 32.2. The number of nitrogens with zero attached hydrogens (tertiary/aromatic N) is 4. The first-order chi connectivity index (χ1) is 19.8. The third-order valence-electron chi connectivity index (χ3n) is 7.15. The summed E-state index contributed by atoms with van der Waals surface area (Å²) in [7, 11) is 1.08. The van der Waals surface area contributed by atoms with Crippen LogP contribution in [0.3, 0.4) is 0 Å². The number of piperazine rings is 1. The van der Waals surface area contributed by atoms with Crippen LogP contribution in [0.25, 0.3) is 10.2 Å². The van der Waals surface area contributed by atoms with Crippen LogP contribution in [-0.2, 0) is 10.0 Å². The summed E-state index contributed by atoms with van der Waals surface area (Å²) in [6, 6.07) is 18.7. The third kappa shape index (κ3) is 6.09. The second-order valence-electron chi connectivity index (χ2n) is 9.56. The van der Waals surface area contributed by atoms with E-state index < -0.39 is 10.0 Å². The summed E-state index contributed by atoms with van der Waals surface area (Å²) in [5, 5.41) is 3.89. The number of rotatable bonds is 10. The average molecular weight is 596 g/mol. The second kappa shape index (κ2) is 12.3. The van der Waals surface area contributed by atoms with Crippen LogP contribution >= 0.6 is 11.3 Å². The number of ether oxygens (including phenoxy) is 2. The molecule has 1 amide bonds. The first-order valence-electron chi connectivity index (χ1n) is 13.2. The number of anilines is 2. The van der Waals surface area contributed by atoms with E-state index in [1.807, 2.05) is 18.2 Å². The number of carbonyl (C=O) groups is 1. The zero-order valence-electron chi connectivity index (χ0n) is 23.2. The normalized spacial score (nSPS) is 14.2. The van der Waals surface area contributed by atoms with Crippen molar-refractivity contribution in [3.05, 3.63) is 72.3 Å². The van der Waals surface area contributed by atoms with Gasteiger partial charge >= 0.3 is 0 Å². The van der Waals surface area contributed by atoms with Gasteiger partial charge in [0, 0.05) is 51.9 Å². The topological polar surface area (TPSA) is 104 Å². The van der Waals surface area contributed by atoms with Gasteiger partial charge in [-0.05, 0) is 48.5 Å². The van der Waals surface area contributed by atoms with Crippen molar-refractivity contribution >= 4 is 48.3 Å². The smallest absolute Gasteiger partial charge is 0.264 e. The fraction of sp³-hybridized carbons (Fsp3) is 0.310. The van der Waals surface area contributed by atoms with Crippen molar-refractivity contribution in [1.29, 1.82) is 0 Å². The molecule has 1 fully saturated rings. The first kappa shape index (κ1) is 28.7. The first-order valence-corrected chi connectivity index (χ1v) is 15.5. The maximum absolute atomic E-state index is 13.0. The summed E-state index contributed by atoms with van der Waals surface area (Å²) < 4.78 is 39.2. The minimum Gasteiger partial charge on any atom is -0.495 e. The Morgan fingerprint density at radius 2 is 1.61 bits per heavy atom. The number of nitrogens with one attached hydrogen (secondary N) is 1. The summed E-state index contributed by atoms with van der Waals surface area (Å²) in [6.07, 6.45) is 0. The van der Waals surface area contributed by atoms with Gasteiger partial charge in [0.15, 0.2) is 5.13 Å². The minimum absolute atomic E-state index is 0.128. The molecular weight excluding hydrogens is 562 g/mol. The lowest BCUT2D eigenvalue weighted by molar-refractivity contribution is 0.0947. The number of aromatic nitrogens is 1. The van der Waals surface area contributed by atoms with E-state index in [4.69, 9.17) is 14.5 Å². The third-order valence-corrected chi connectivity index (χ3v) is 10.1. The molecule has 0 aliphatic carbocycles. The van der Waals surface area contributed by atoms with Crippen LogP contribution in [0.4, 0.5) is 10.8 Å². The molecule has 1 aliphatic rings. The van der Waals surface area contributed by atoms with E-state index in [9.17, 15) is 13.2 Å². The molecular formula is C29H33N5O5S2. The fourth-order valence-corrected chi connectivity index (χ4v) is 7.04. The predicted molar refractivity (Wildman–Crippen MR) is 162 cm³/mol. The van der Waals surface area contributed by atoms with Crippen molar-refractivity contribution in [2.45, 2.75) is 4.90 Å². The predicted octanol–water partition coefficient (Wildman–Crippen LogP) is 3.69. The van der Waals surface area contributed by atoms with Crippen molar-refractivity contribution < 1.29 is 22.7 Å². The van der Waals surface area contributed by atoms with Gasteiger partial charge in [-0.3, -0.25) is 14.0 Å². The number of methoxy groups -OCH3 is 2. The summed E-state index contributed by atoms with van der Waals surface area (Å²) in [6.45, 7) is 4.56. The molecule has 216 valence electrons. The lowest BCUT2D eigenvalue weighted by atomic mass is 10.2. The van der Waals surface area contributed by atoms with E-state index in [1.54, 1.807) is 62.0 Å². The van der Waals surface area contributed by atoms with Gasteiger partial charge in [-0.2, -0.15) is 0 Å². The van der Waals surface area contributed by atoms with E-state index in [0.717, 1.165) is 59.6 Å². The number of hydrogen-bond donors (Lipinski definition) is 1. The molecule has 2 heterocycles. The van der Waals surface area contributed by atoms with Gasteiger partial charge in [0.1, 0.15) is 21.7 Å². The molecule has 0 spiro atoms. The molecule has 0 radical (unpaired) electrons. The van der Waals surface area contributed by atoms with E-state index in [-0.39, 0.29) is 10.8 Å². The average Bonchev–Trinajstić information content (AvgIpc) is 3.47. The molecule has 1 aromatic heterocycles. The van der Waals surface area contributed by atoms with Gasteiger partial charge in [0.25, 0.3) is 15.9 Å². The van der Waals surface area contributed by atoms with E-state index in [1.165, 1.54) is 23.5 Å². The van der Waals surface area contributed by atoms with Crippen LogP contribution in [0.15, 0.2) is 71.6 Å². The summed E-state index contributed by atoms with van der Waals surface area (Å²) in [4.78, 5) is 22.2. The largest absolute Gasteiger partial charge is 0.495 e. The Labute approximate surface area is 244 Å². The van der Waals surface area contributed by atoms with E-state index in [0.29, 0.717) is 17.8 Å². The minimum atomic E-state index is -3.73. The number of sulfonamides is 1. The van der Waals surface area contributed by atoms with Crippen LogP contribution < -0.4 is 24.0 Å². The molecule has 1 N–H and O–H groups in total. The highest BCUT2D eigenvalue weighted by molar-refractivity contribution is 7.92. The zero-order valence-corrected chi connectivity index (χ0v) is 24.9. The SMILES string of the molecule is COc1ccc(OC)c2sc(N3CCN(CCNC(=O)c4ccc(S(=O)(=O)N(C)c5ccccc5)cc4)CC3)nc12. The van der Waals surface area contributed by atoms with Crippen LogP contribution in [0.1, 0.15) is 10.4 Å². The highest BCUT2D eigenvalue weighted by Crippen LogP contribution is 2.40. The van der Waals surface area contributed by atoms with Gasteiger partial charge < -0.3 is 19.7 Å². The molecule has 0 bridgehead atoms. The Kier molecular flexibility index (Phi) is 8.62. The van der Waals surface area contributed by atoms with Crippen LogP contribution in [0, 0.1) is 0 Å². The maximum Gasteiger partial charge on any atom is 0.264 e. The maximum atomic E-state index is 13.0. The Bertz CT molecular complexity index is 1560. The van der Waals surface area contributed by atoms with Gasteiger partial charge in [-0.1, -0.05) is 29.5 Å². The summed E-state index contributed by atoms with van der Waals surface area (Å²) in [5.74, 6) is 1.28. The zero-order chi connectivity index (χ0) is 29.0. The molecule has 41 heavy (non-hydrogen) atoms. The highest BCUT2D eigenvalue weighted by Gasteiger charge is 2.23. The van der Waals surface area contributed by atoms with Crippen molar-refractivity contribution in [3.8, 4) is 11.5 Å². The number of amides is 1. The quantitative estimate of drug-likeness (QED) is 0.296. The summed E-state index contributed by atoms with van der Waals surface area (Å²) >= 11 is 1.60. The van der Waals surface area contributed by atoms with Crippen LogP contribution in [-0.4, -0.2) is 84.7 Å². The molecule has 4 aromatic rings. The van der Waals surface area contributed by atoms with Crippen molar-refractivity contribution in [1.82, 2.24) is 15.2 Å². The number of hydrogen-bond acceptors (Lipinski definition) is 9. The Balaban J connectivity index is 1.11. The number of benzene rings is 3. The molecule has 10 nitrogen and oxygen atoms in total. The molecule has 3 aromatic carbocycles.